The topological polar surface area (TPSA) is 6.48 Å². The van der Waals surface area contributed by atoms with Gasteiger partial charge in [-0.15, -0.1) is 11.3 Å². The number of fused-ring (bicyclic) bond motifs is 10. The fraction of sp³-hybridized carbons (Fsp3) is 0.0141. The second kappa shape index (κ2) is 18.4. The van der Waals surface area contributed by atoms with E-state index in [1.807, 2.05) is 34.9 Å². The van der Waals surface area contributed by atoms with Gasteiger partial charge in [-0.2, -0.15) is 0 Å². The minimum Gasteiger partial charge on any atom is -0.310 e. The second-order valence-electron chi connectivity index (χ2n) is 19.5. The Morgan fingerprint density at radius 2 is 0.921 bits per heavy atom. The number of para-hydroxylation sites is 2. The standard InChI is InChI=1S/C71H46N2S3/c1-5-23-49(24-6-1)71(50-25-7-2-8-26-50)61-35-17-15-33-57(61)58-41-40-54(45-62(58)71)72(51-27-9-3-10-28-51)55-44-60(70-67(46-55)75-66-42-39-47-21-13-14-32-56(47)69(66)76-70)48-22-19-31-53(43-48)73(52-29-11-4-12-30-52)63-36-20-38-65-68(63)59-34-16-18-37-64(59)74-65/h1-46H. The Morgan fingerprint density at radius 1 is 0.316 bits per heavy atom. The molecule has 2 nitrogen and oxygen atoms in total. The number of benzene rings is 12. The summed E-state index contributed by atoms with van der Waals surface area (Å²) < 4.78 is 2.57. The van der Waals surface area contributed by atoms with Gasteiger partial charge >= 0.3 is 0 Å². The van der Waals surface area contributed by atoms with Crippen LogP contribution in [0.25, 0.3) is 53.2 Å². The van der Waals surface area contributed by atoms with Crippen LogP contribution in [0, 0.1) is 0 Å². The van der Waals surface area contributed by atoms with E-state index in [1.165, 1.54) is 89.5 Å². The molecule has 2 heterocycles. The molecule has 0 spiro atoms. The maximum Gasteiger partial charge on any atom is 0.0714 e. The van der Waals surface area contributed by atoms with Gasteiger partial charge < -0.3 is 9.80 Å². The first-order valence-corrected chi connectivity index (χ1v) is 28.3. The molecule has 0 atom stereocenters. The van der Waals surface area contributed by atoms with Gasteiger partial charge in [-0.1, -0.05) is 218 Å². The van der Waals surface area contributed by atoms with E-state index >= 15 is 0 Å². The van der Waals surface area contributed by atoms with Gasteiger partial charge in [0.1, 0.15) is 0 Å². The van der Waals surface area contributed by atoms with E-state index in [2.05, 4.69) is 289 Å². The van der Waals surface area contributed by atoms with Crippen molar-refractivity contribution >= 4 is 99.9 Å². The molecule has 12 aromatic carbocycles. The zero-order valence-electron chi connectivity index (χ0n) is 41.2. The molecule has 2 aliphatic rings. The molecule has 13 aromatic rings. The van der Waals surface area contributed by atoms with Gasteiger partial charge in [-0.05, 0) is 140 Å². The van der Waals surface area contributed by atoms with E-state index in [4.69, 9.17) is 0 Å². The van der Waals surface area contributed by atoms with Crippen LogP contribution in [0.5, 0.6) is 0 Å². The fourth-order valence-electron chi connectivity index (χ4n) is 12.1. The maximum absolute atomic E-state index is 2.48. The van der Waals surface area contributed by atoms with Crippen LogP contribution in [0.3, 0.4) is 0 Å². The molecule has 0 fully saturated rings. The van der Waals surface area contributed by atoms with Gasteiger partial charge in [0, 0.05) is 68.2 Å². The van der Waals surface area contributed by atoms with Crippen LogP contribution < -0.4 is 9.80 Å². The van der Waals surface area contributed by atoms with Crippen molar-refractivity contribution in [3.8, 4) is 22.3 Å². The zero-order chi connectivity index (χ0) is 50.2. The number of nitrogens with zero attached hydrogens (tertiary/aromatic N) is 2. The lowest BCUT2D eigenvalue weighted by Crippen LogP contribution is -2.28. The van der Waals surface area contributed by atoms with E-state index in [0.29, 0.717) is 0 Å². The summed E-state index contributed by atoms with van der Waals surface area (Å²) in [6, 6.07) is 103. The molecule has 0 bridgehead atoms. The summed E-state index contributed by atoms with van der Waals surface area (Å²) >= 11 is 5.65. The van der Waals surface area contributed by atoms with Crippen LogP contribution in [-0.2, 0) is 5.41 Å². The quantitative estimate of drug-likeness (QED) is 0.142. The predicted molar refractivity (Wildman–Crippen MR) is 324 cm³/mol. The molecule has 15 rings (SSSR count). The summed E-state index contributed by atoms with van der Waals surface area (Å²) in [5.41, 5.74) is 16.1. The molecule has 0 N–H and O–H groups in total. The molecule has 1 aliphatic heterocycles. The Bertz CT molecular complexity index is 4320. The molecular weight excluding hydrogens is 977 g/mol. The van der Waals surface area contributed by atoms with Gasteiger partial charge in [-0.25, -0.2) is 0 Å². The van der Waals surface area contributed by atoms with Crippen molar-refractivity contribution in [2.75, 3.05) is 9.80 Å². The van der Waals surface area contributed by atoms with Crippen molar-refractivity contribution in [3.05, 3.63) is 301 Å². The minimum atomic E-state index is -0.544. The summed E-state index contributed by atoms with van der Waals surface area (Å²) in [6.45, 7) is 0. The van der Waals surface area contributed by atoms with E-state index < -0.39 is 5.41 Å². The lowest BCUT2D eigenvalue weighted by atomic mass is 9.67. The molecule has 0 saturated carbocycles. The maximum atomic E-state index is 2.48. The first-order valence-electron chi connectivity index (χ1n) is 25.8. The van der Waals surface area contributed by atoms with Gasteiger partial charge in [0.05, 0.1) is 11.1 Å². The van der Waals surface area contributed by atoms with Gasteiger partial charge in [0.15, 0.2) is 0 Å². The third kappa shape index (κ3) is 7.18. The summed E-state index contributed by atoms with van der Waals surface area (Å²) in [5.74, 6) is 0. The van der Waals surface area contributed by atoms with Crippen molar-refractivity contribution in [2.45, 2.75) is 25.0 Å². The largest absolute Gasteiger partial charge is 0.310 e. The summed E-state index contributed by atoms with van der Waals surface area (Å²) in [6.07, 6.45) is 0. The molecule has 358 valence electrons. The highest BCUT2D eigenvalue weighted by Gasteiger charge is 2.46. The van der Waals surface area contributed by atoms with E-state index in [9.17, 15) is 0 Å². The molecule has 0 radical (unpaired) electrons. The van der Waals surface area contributed by atoms with E-state index in [1.54, 1.807) is 0 Å². The van der Waals surface area contributed by atoms with Crippen LogP contribution in [0.15, 0.2) is 299 Å². The third-order valence-electron chi connectivity index (χ3n) is 15.3. The first-order chi connectivity index (χ1) is 37.7. The Labute approximate surface area is 455 Å². The molecule has 76 heavy (non-hydrogen) atoms. The third-order valence-corrected chi connectivity index (χ3v) is 19.1. The van der Waals surface area contributed by atoms with Gasteiger partial charge in [0.25, 0.3) is 0 Å². The van der Waals surface area contributed by atoms with Crippen LogP contribution in [0.2, 0.25) is 0 Å². The molecule has 0 saturated heterocycles. The molecule has 1 aromatic heterocycles. The molecule has 0 amide bonds. The number of rotatable bonds is 9. The van der Waals surface area contributed by atoms with Crippen LogP contribution in [0.4, 0.5) is 34.1 Å². The zero-order valence-corrected chi connectivity index (χ0v) is 43.6. The van der Waals surface area contributed by atoms with Crippen molar-refractivity contribution in [3.63, 3.8) is 0 Å². The highest BCUT2D eigenvalue weighted by Crippen LogP contribution is 2.59. The molecular formula is C71H46N2S3. The van der Waals surface area contributed by atoms with Crippen molar-refractivity contribution in [1.82, 2.24) is 0 Å². The van der Waals surface area contributed by atoms with E-state index in [0.717, 1.165) is 39.7 Å². The normalized spacial score (nSPS) is 13.0. The van der Waals surface area contributed by atoms with Gasteiger partial charge in [0.2, 0.25) is 0 Å². The van der Waals surface area contributed by atoms with Crippen molar-refractivity contribution < 1.29 is 0 Å². The number of thiophene rings is 1. The average Bonchev–Trinajstić information content (AvgIpc) is 4.23. The number of hydrogen-bond acceptors (Lipinski definition) is 5. The lowest BCUT2D eigenvalue weighted by molar-refractivity contribution is 0.768. The smallest absolute Gasteiger partial charge is 0.0714 e. The fourth-order valence-corrected chi connectivity index (χ4v) is 15.8. The highest BCUT2D eigenvalue weighted by atomic mass is 32.2. The number of anilines is 6. The molecule has 0 unspecified atom stereocenters. The SMILES string of the molecule is c1ccc(N(c2cc3c(c(-c4cccc(N(c5ccccc5)c5cccc6sc7ccccc7c56)c4)c2)Sc2c(ccc4ccccc24)S3)c2ccc3c(c2)C(c2ccccc2)(c2ccccc2)c2ccccc2-3)cc1. The predicted octanol–water partition coefficient (Wildman–Crippen LogP) is 20.8. The Kier molecular flexibility index (Phi) is 10.8. The summed E-state index contributed by atoms with van der Waals surface area (Å²) in [7, 11) is 0. The van der Waals surface area contributed by atoms with Crippen LogP contribution in [0.1, 0.15) is 22.3 Å². The summed E-state index contributed by atoms with van der Waals surface area (Å²) in [4.78, 5) is 10.0. The molecule has 5 heteroatoms. The number of hydrogen-bond donors (Lipinski definition) is 0. The Hall–Kier alpha value is -8.58. The van der Waals surface area contributed by atoms with Crippen LogP contribution in [-0.4, -0.2) is 0 Å². The van der Waals surface area contributed by atoms with Crippen LogP contribution >= 0.6 is 34.9 Å². The average molecular weight is 1020 g/mol. The Balaban J connectivity index is 0.963. The van der Waals surface area contributed by atoms with Crippen molar-refractivity contribution in [1.29, 1.82) is 0 Å². The monoisotopic (exact) mass is 1020 g/mol. The van der Waals surface area contributed by atoms with Gasteiger partial charge in [-0.3, -0.25) is 0 Å². The Morgan fingerprint density at radius 3 is 1.70 bits per heavy atom. The van der Waals surface area contributed by atoms with E-state index in [-0.39, 0.29) is 0 Å². The summed E-state index contributed by atoms with van der Waals surface area (Å²) in [5, 5.41) is 5.08. The lowest BCUT2D eigenvalue weighted by Gasteiger charge is -2.35. The first kappa shape index (κ1) is 44.9. The minimum absolute atomic E-state index is 0.544. The van der Waals surface area contributed by atoms with Crippen molar-refractivity contribution in [2.24, 2.45) is 0 Å². The second-order valence-corrected chi connectivity index (χ2v) is 22.7. The molecule has 1 aliphatic carbocycles. The highest BCUT2D eigenvalue weighted by molar-refractivity contribution is 8.05.